The third-order valence-electron chi connectivity index (χ3n) is 3.97. The van der Waals surface area contributed by atoms with Gasteiger partial charge in [-0.1, -0.05) is 17.2 Å². The summed E-state index contributed by atoms with van der Waals surface area (Å²) in [4.78, 5) is 14.1. The average Bonchev–Trinajstić information content (AvgIpc) is 3.30. The molecule has 1 aromatic carbocycles. The van der Waals surface area contributed by atoms with Crippen LogP contribution in [0.5, 0.6) is 5.75 Å². The van der Waals surface area contributed by atoms with Crippen LogP contribution in [-0.4, -0.2) is 30.3 Å². The van der Waals surface area contributed by atoms with Crippen molar-refractivity contribution in [1.29, 1.82) is 0 Å². The molecular weight excluding hydrogens is 295 g/mol. The third kappa shape index (κ3) is 3.61. The van der Waals surface area contributed by atoms with Gasteiger partial charge in [0.05, 0.1) is 0 Å². The van der Waals surface area contributed by atoms with Gasteiger partial charge in [-0.2, -0.15) is 0 Å². The summed E-state index contributed by atoms with van der Waals surface area (Å²) in [6.07, 6.45) is -0.641. The van der Waals surface area contributed by atoms with Crippen molar-refractivity contribution in [2.45, 2.75) is 32.0 Å². The van der Waals surface area contributed by atoms with Gasteiger partial charge in [-0.25, -0.2) is 0 Å². The van der Waals surface area contributed by atoms with E-state index in [0.29, 0.717) is 13.1 Å². The van der Waals surface area contributed by atoms with Gasteiger partial charge in [-0.3, -0.25) is 4.79 Å². The molecule has 0 radical (unpaired) electrons. The number of allylic oxidation sites excluding steroid dienone is 1. The molecule has 1 amide bonds. The van der Waals surface area contributed by atoms with Gasteiger partial charge >= 0.3 is 6.36 Å². The monoisotopic (exact) mass is 311 g/mol. The molecule has 0 atom stereocenters. The van der Waals surface area contributed by atoms with Crippen molar-refractivity contribution < 1.29 is 22.7 Å². The lowest BCUT2D eigenvalue weighted by atomic mass is 10.0. The van der Waals surface area contributed by atoms with Crippen LogP contribution in [0, 0.1) is 0 Å². The van der Waals surface area contributed by atoms with Crippen LogP contribution in [0.1, 0.15) is 36.0 Å². The number of rotatable bonds is 2. The Kier molecular flexibility index (Phi) is 3.85. The molecule has 1 saturated carbocycles. The molecule has 0 unspecified atom stereocenters. The van der Waals surface area contributed by atoms with Crippen LogP contribution in [0.3, 0.4) is 0 Å². The SMILES string of the molecule is O=C(c1cccc(OC(F)(F)F)c1)N1CCC(=C2CC2)CC1. The van der Waals surface area contributed by atoms with E-state index >= 15 is 0 Å². The Morgan fingerprint density at radius 1 is 1.05 bits per heavy atom. The summed E-state index contributed by atoms with van der Waals surface area (Å²) in [5, 5.41) is 0. The lowest BCUT2D eigenvalue weighted by Gasteiger charge is -2.28. The Labute approximate surface area is 126 Å². The van der Waals surface area contributed by atoms with E-state index < -0.39 is 6.36 Å². The Morgan fingerprint density at radius 3 is 2.27 bits per heavy atom. The molecule has 1 saturated heterocycles. The Hall–Kier alpha value is -1.98. The number of benzene rings is 1. The summed E-state index contributed by atoms with van der Waals surface area (Å²) in [6, 6.07) is 5.25. The fourth-order valence-electron chi connectivity index (χ4n) is 2.76. The van der Waals surface area contributed by atoms with E-state index in [0.717, 1.165) is 18.9 Å². The Morgan fingerprint density at radius 2 is 1.68 bits per heavy atom. The normalized spacial score (nSPS) is 18.4. The molecule has 0 N–H and O–H groups in total. The summed E-state index contributed by atoms with van der Waals surface area (Å²) in [6.45, 7) is 1.25. The van der Waals surface area contributed by atoms with Crippen LogP contribution < -0.4 is 4.74 Å². The maximum Gasteiger partial charge on any atom is 0.573 e. The molecule has 118 valence electrons. The predicted molar refractivity (Wildman–Crippen MR) is 74.5 cm³/mol. The summed E-state index contributed by atoms with van der Waals surface area (Å²) >= 11 is 0. The van der Waals surface area contributed by atoms with Gasteiger partial charge in [-0.05, 0) is 43.9 Å². The minimum atomic E-state index is -4.75. The summed E-state index contributed by atoms with van der Waals surface area (Å²) < 4.78 is 40.6. The number of piperidine rings is 1. The van der Waals surface area contributed by atoms with E-state index in [1.807, 2.05) is 0 Å². The van der Waals surface area contributed by atoms with E-state index in [9.17, 15) is 18.0 Å². The van der Waals surface area contributed by atoms with Crippen molar-refractivity contribution in [1.82, 2.24) is 4.90 Å². The van der Waals surface area contributed by atoms with Crippen LogP contribution in [0.25, 0.3) is 0 Å². The number of carbonyl (C=O) groups is 1. The van der Waals surface area contributed by atoms with Gasteiger partial charge in [0.15, 0.2) is 0 Å². The lowest BCUT2D eigenvalue weighted by Crippen LogP contribution is -2.36. The van der Waals surface area contributed by atoms with Gasteiger partial charge in [-0.15, -0.1) is 13.2 Å². The highest BCUT2D eigenvalue weighted by atomic mass is 19.4. The summed E-state index contributed by atoms with van der Waals surface area (Å²) in [5.41, 5.74) is 3.20. The van der Waals surface area contributed by atoms with Gasteiger partial charge in [0.2, 0.25) is 0 Å². The van der Waals surface area contributed by atoms with Crippen molar-refractivity contribution >= 4 is 5.91 Å². The number of carbonyl (C=O) groups excluding carboxylic acids is 1. The largest absolute Gasteiger partial charge is 0.573 e. The number of hydrogen-bond donors (Lipinski definition) is 0. The Bertz CT molecular complexity index is 606. The lowest BCUT2D eigenvalue weighted by molar-refractivity contribution is -0.274. The number of ether oxygens (including phenoxy) is 1. The van der Waals surface area contributed by atoms with E-state index in [4.69, 9.17) is 0 Å². The second kappa shape index (κ2) is 5.66. The van der Waals surface area contributed by atoms with E-state index in [1.54, 1.807) is 4.90 Å². The first-order valence-electron chi connectivity index (χ1n) is 7.27. The number of amides is 1. The standard InChI is InChI=1S/C16H16F3NO2/c17-16(18,19)22-14-3-1-2-13(10-14)15(21)20-8-6-12(7-9-20)11-4-5-11/h1-3,10H,4-9H2. The first-order chi connectivity index (χ1) is 10.4. The number of hydrogen-bond acceptors (Lipinski definition) is 2. The molecule has 3 nitrogen and oxygen atoms in total. The minimum absolute atomic E-state index is 0.226. The fraction of sp³-hybridized carbons (Fsp3) is 0.438. The third-order valence-corrected chi connectivity index (χ3v) is 3.97. The van der Waals surface area contributed by atoms with Crippen LogP contribution in [0.2, 0.25) is 0 Å². The molecule has 1 aliphatic carbocycles. The highest BCUT2D eigenvalue weighted by Gasteiger charge is 2.31. The van der Waals surface area contributed by atoms with Gasteiger partial charge in [0.1, 0.15) is 5.75 Å². The smallest absolute Gasteiger partial charge is 0.406 e. The maximum absolute atomic E-state index is 12.4. The van der Waals surface area contributed by atoms with Crippen LogP contribution in [0.15, 0.2) is 35.4 Å². The van der Waals surface area contributed by atoms with Crippen molar-refractivity contribution in [2.24, 2.45) is 0 Å². The molecule has 1 aromatic rings. The number of alkyl halides is 3. The molecule has 0 bridgehead atoms. The number of nitrogens with zero attached hydrogens (tertiary/aromatic N) is 1. The van der Waals surface area contributed by atoms with Gasteiger partial charge in [0, 0.05) is 18.7 Å². The molecular formula is C16H16F3NO2. The minimum Gasteiger partial charge on any atom is -0.406 e. The first-order valence-corrected chi connectivity index (χ1v) is 7.27. The van der Waals surface area contributed by atoms with E-state index in [2.05, 4.69) is 4.74 Å². The fourth-order valence-corrected chi connectivity index (χ4v) is 2.76. The molecule has 2 fully saturated rings. The van der Waals surface area contributed by atoms with Crippen molar-refractivity contribution in [3.05, 3.63) is 41.0 Å². The summed E-state index contributed by atoms with van der Waals surface area (Å²) in [7, 11) is 0. The van der Waals surface area contributed by atoms with Gasteiger partial charge in [0.25, 0.3) is 5.91 Å². The first kappa shape index (κ1) is 14.9. The maximum atomic E-state index is 12.4. The molecule has 2 aliphatic rings. The van der Waals surface area contributed by atoms with Crippen LogP contribution in [0.4, 0.5) is 13.2 Å². The molecule has 22 heavy (non-hydrogen) atoms. The molecule has 0 spiro atoms. The molecule has 0 aromatic heterocycles. The van der Waals surface area contributed by atoms with Gasteiger partial charge < -0.3 is 9.64 Å². The zero-order chi connectivity index (χ0) is 15.7. The predicted octanol–water partition coefficient (Wildman–Crippen LogP) is 3.91. The quantitative estimate of drug-likeness (QED) is 0.775. The number of likely N-dealkylation sites (tertiary alicyclic amines) is 1. The number of halogens is 3. The van der Waals surface area contributed by atoms with Crippen molar-refractivity contribution in [2.75, 3.05) is 13.1 Å². The zero-order valence-electron chi connectivity index (χ0n) is 11.9. The van der Waals surface area contributed by atoms with Crippen LogP contribution >= 0.6 is 0 Å². The zero-order valence-corrected chi connectivity index (χ0v) is 11.9. The average molecular weight is 311 g/mol. The highest BCUT2D eigenvalue weighted by Crippen LogP contribution is 2.36. The Balaban J connectivity index is 1.67. The molecule has 3 rings (SSSR count). The second-order valence-electron chi connectivity index (χ2n) is 5.57. The van der Waals surface area contributed by atoms with Crippen molar-refractivity contribution in [3.63, 3.8) is 0 Å². The molecule has 1 aliphatic heterocycles. The van der Waals surface area contributed by atoms with E-state index in [1.165, 1.54) is 42.2 Å². The topological polar surface area (TPSA) is 29.5 Å². The molecule has 1 heterocycles. The highest BCUT2D eigenvalue weighted by molar-refractivity contribution is 5.94. The van der Waals surface area contributed by atoms with E-state index in [-0.39, 0.29) is 17.2 Å². The summed E-state index contributed by atoms with van der Waals surface area (Å²) in [5.74, 6) is -0.608. The molecule has 6 heteroatoms. The second-order valence-corrected chi connectivity index (χ2v) is 5.57. The van der Waals surface area contributed by atoms with Crippen molar-refractivity contribution in [3.8, 4) is 5.75 Å². The van der Waals surface area contributed by atoms with Crippen LogP contribution in [-0.2, 0) is 0 Å².